The van der Waals surface area contributed by atoms with Gasteiger partial charge in [0.25, 0.3) is 0 Å². The number of nitrogens with zero attached hydrogens (tertiary/aromatic N) is 4. The van der Waals surface area contributed by atoms with E-state index in [4.69, 9.17) is 4.74 Å². The van der Waals surface area contributed by atoms with Crippen molar-refractivity contribution in [1.29, 1.82) is 0 Å². The van der Waals surface area contributed by atoms with Gasteiger partial charge >= 0.3 is 0 Å². The van der Waals surface area contributed by atoms with Crippen LogP contribution in [0.5, 0.6) is 0 Å². The molecule has 1 aliphatic heterocycles. The fourth-order valence-electron chi connectivity index (χ4n) is 3.07. The molecule has 0 N–H and O–H groups in total. The van der Waals surface area contributed by atoms with Gasteiger partial charge in [0.1, 0.15) is 6.61 Å². The van der Waals surface area contributed by atoms with Gasteiger partial charge in [-0.15, -0.1) is 10.2 Å². The highest BCUT2D eigenvalue weighted by Crippen LogP contribution is 2.25. The van der Waals surface area contributed by atoms with E-state index in [0.717, 1.165) is 17.2 Å². The van der Waals surface area contributed by atoms with Crippen molar-refractivity contribution in [2.24, 2.45) is 0 Å². The maximum absolute atomic E-state index is 12.7. The second kappa shape index (κ2) is 7.13. The van der Waals surface area contributed by atoms with Crippen LogP contribution < -0.4 is 0 Å². The summed E-state index contributed by atoms with van der Waals surface area (Å²) in [6.07, 6.45) is 0.421. The number of hydrogen-bond acceptors (Lipinski definition) is 4. The zero-order chi connectivity index (χ0) is 17.1. The van der Waals surface area contributed by atoms with E-state index in [-0.39, 0.29) is 11.9 Å². The summed E-state index contributed by atoms with van der Waals surface area (Å²) in [4.78, 5) is 14.6. The minimum absolute atomic E-state index is 0.0698. The molecule has 128 valence electrons. The summed E-state index contributed by atoms with van der Waals surface area (Å²) in [5.74, 6) is 1.81. The van der Waals surface area contributed by atoms with Crippen LogP contribution in [0.15, 0.2) is 24.3 Å². The zero-order valence-electron chi connectivity index (χ0n) is 14.5. The van der Waals surface area contributed by atoms with E-state index >= 15 is 0 Å². The lowest BCUT2D eigenvalue weighted by Gasteiger charge is -2.34. The molecule has 2 aromatic rings. The topological polar surface area (TPSA) is 60.3 Å². The standard InChI is InChI=1S/C18H24N4O2/c1-4-24-12-16-19-20-18-14(3)21(9-10-22(16)18)17(23)11-15-7-5-13(2)6-8-15/h5-8,14H,4,9-12H2,1-3H3/t14-/m1/s1. The van der Waals surface area contributed by atoms with Gasteiger partial charge in [0, 0.05) is 19.7 Å². The molecular weight excluding hydrogens is 304 g/mol. The van der Waals surface area contributed by atoms with Crippen molar-refractivity contribution < 1.29 is 9.53 Å². The van der Waals surface area contributed by atoms with Gasteiger partial charge in [0.05, 0.1) is 12.5 Å². The smallest absolute Gasteiger partial charge is 0.227 e. The molecule has 1 aromatic carbocycles. The van der Waals surface area contributed by atoms with E-state index < -0.39 is 0 Å². The predicted octanol–water partition coefficient (Wildman–Crippen LogP) is 2.27. The lowest BCUT2D eigenvalue weighted by molar-refractivity contribution is -0.133. The number of aromatic nitrogens is 3. The Labute approximate surface area is 142 Å². The molecule has 6 heteroatoms. The van der Waals surface area contributed by atoms with Gasteiger partial charge in [-0.25, -0.2) is 0 Å². The van der Waals surface area contributed by atoms with Gasteiger partial charge in [-0.2, -0.15) is 0 Å². The van der Waals surface area contributed by atoms with Crippen LogP contribution in [0.2, 0.25) is 0 Å². The Kier molecular flexibility index (Phi) is 4.94. The molecule has 6 nitrogen and oxygen atoms in total. The molecule has 24 heavy (non-hydrogen) atoms. The predicted molar refractivity (Wildman–Crippen MR) is 90.4 cm³/mol. The molecule has 0 aliphatic carbocycles. The van der Waals surface area contributed by atoms with Crippen molar-refractivity contribution in [3.8, 4) is 0 Å². The molecule has 1 aliphatic rings. The van der Waals surface area contributed by atoms with E-state index in [9.17, 15) is 4.79 Å². The first kappa shape index (κ1) is 16.6. The van der Waals surface area contributed by atoms with E-state index in [1.807, 2.05) is 49.9 Å². The van der Waals surface area contributed by atoms with E-state index in [1.54, 1.807) is 0 Å². The van der Waals surface area contributed by atoms with Gasteiger partial charge in [0.2, 0.25) is 5.91 Å². The first-order chi connectivity index (χ1) is 11.6. The molecule has 0 radical (unpaired) electrons. The van der Waals surface area contributed by atoms with Crippen molar-refractivity contribution in [2.45, 2.75) is 46.4 Å². The highest BCUT2D eigenvalue weighted by molar-refractivity contribution is 5.79. The molecule has 0 saturated heterocycles. The maximum atomic E-state index is 12.7. The van der Waals surface area contributed by atoms with Crippen LogP contribution in [0.25, 0.3) is 0 Å². The van der Waals surface area contributed by atoms with Crippen LogP contribution in [0, 0.1) is 6.92 Å². The molecule has 1 amide bonds. The van der Waals surface area contributed by atoms with Crippen LogP contribution in [-0.2, 0) is 29.1 Å². The van der Waals surface area contributed by atoms with Gasteiger partial charge in [-0.05, 0) is 26.3 Å². The molecule has 2 heterocycles. The Balaban J connectivity index is 1.71. The van der Waals surface area contributed by atoms with Crippen LogP contribution >= 0.6 is 0 Å². The van der Waals surface area contributed by atoms with Gasteiger partial charge in [-0.3, -0.25) is 4.79 Å². The third kappa shape index (κ3) is 3.33. The summed E-state index contributed by atoms with van der Waals surface area (Å²) < 4.78 is 7.52. The number of rotatable bonds is 5. The largest absolute Gasteiger partial charge is 0.374 e. The Hall–Kier alpha value is -2.21. The molecule has 1 atom stereocenters. The third-order valence-corrected chi connectivity index (χ3v) is 4.49. The van der Waals surface area contributed by atoms with Crippen molar-refractivity contribution in [3.05, 3.63) is 47.0 Å². The minimum Gasteiger partial charge on any atom is -0.374 e. The average Bonchev–Trinajstić information content (AvgIpc) is 2.99. The molecule has 0 spiro atoms. The number of ether oxygens (including phenoxy) is 1. The average molecular weight is 328 g/mol. The van der Waals surface area contributed by atoms with Crippen molar-refractivity contribution in [1.82, 2.24) is 19.7 Å². The number of amides is 1. The molecule has 0 saturated carbocycles. The zero-order valence-corrected chi connectivity index (χ0v) is 14.5. The second-order valence-corrected chi connectivity index (χ2v) is 6.19. The maximum Gasteiger partial charge on any atom is 0.227 e. The van der Waals surface area contributed by atoms with Crippen molar-refractivity contribution in [3.63, 3.8) is 0 Å². The number of hydrogen-bond donors (Lipinski definition) is 0. The Bertz CT molecular complexity index is 708. The summed E-state index contributed by atoms with van der Waals surface area (Å²) in [5.41, 5.74) is 2.24. The van der Waals surface area contributed by atoms with Crippen LogP contribution in [0.4, 0.5) is 0 Å². The fraction of sp³-hybridized carbons (Fsp3) is 0.500. The number of carbonyl (C=O) groups excluding carboxylic acids is 1. The highest BCUT2D eigenvalue weighted by atomic mass is 16.5. The van der Waals surface area contributed by atoms with Crippen molar-refractivity contribution >= 4 is 5.91 Å². The van der Waals surface area contributed by atoms with E-state index in [0.29, 0.717) is 32.7 Å². The third-order valence-electron chi connectivity index (χ3n) is 4.49. The molecule has 0 bridgehead atoms. The minimum atomic E-state index is -0.0698. The van der Waals surface area contributed by atoms with Crippen LogP contribution in [0.3, 0.4) is 0 Å². The molecule has 0 unspecified atom stereocenters. The molecule has 1 aromatic heterocycles. The lowest BCUT2D eigenvalue weighted by Crippen LogP contribution is -2.42. The van der Waals surface area contributed by atoms with Gasteiger partial charge in [0.15, 0.2) is 11.6 Å². The first-order valence-electron chi connectivity index (χ1n) is 8.45. The first-order valence-corrected chi connectivity index (χ1v) is 8.45. The lowest BCUT2D eigenvalue weighted by atomic mass is 10.1. The van der Waals surface area contributed by atoms with E-state index in [2.05, 4.69) is 14.8 Å². The highest BCUT2D eigenvalue weighted by Gasteiger charge is 2.31. The molecular formula is C18H24N4O2. The van der Waals surface area contributed by atoms with E-state index in [1.165, 1.54) is 5.56 Å². The Morgan fingerprint density at radius 2 is 2.00 bits per heavy atom. The summed E-state index contributed by atoms with van der Waals surface area (Å²) in [6.45, 7) is 8.53. The number of fused-ring (bicyclic) bond motifs is 1. The van der Waals surface area contributed by atoms with Gasteiger partial charge in [-0.1, -0.05) is 29.8 Å². The fourth-order valence-corrected chi connectivity index (χ4v) is 3.07. The van der Waals surface area contributed by atoms with Crippen molar-refractivity contribution in [2.75, 3.05) is 13.2 Å². The normalized spacial score (nSPS) is 17.0. The summed E-state index contributed by atoms with van der Waals surface area (Å²) in [5, 5.41) is 8.50. The Morgan fingerprint density at radius 3 is 2.71 bits per heavy atom. The monoisotopic (exact) mass is 328 g/mol. The van der Waals surface area contributed by atoms with Gasteiger partial charge < -0.3 is 14.2 Å². The quantitative estimate of drug-likeness (QED) is 0.845. The number of carbonyl (C=O) groups is 1. The molecule has 3 rings (SSSR count). The number of benzene rings is 1. The summed E-state index contributed by atoms with van der Waals surface area (Å²) in [7, 11) is 0. The summed E-state index contributed by atoms with van der Waals surface area (Å²) in [6, 6.07) is 8.05. The SMILES string of the molecule is CCOCc1nnc2n1CCN(C(=O)Cc1ccc(C)cc1)[C@@H]2C. The molecule has 0 fully saturated rings. The van der Waals surface area contributed by atoms with Crippen LogP contribution in [0.1, 0.15) is 42.7 Å². The van der Waals surface area contributed by atoms with Crippen LogP contribution in [-0.4, -0.2) is 38.7 Å². The summed E-state index contributed by atoms with van der Waals surface area (Å²) >= 11 is 0. The second-order valence-electron chi connectivity index (χ2n) is 6.19. The number of aryl methyl sites for hydroxylation is 1. The Morgan fingerprint density at radius 1 is 1.25 bits per heavy atom.